The molecular weight excluding hydrogens is 846 g/mol. The molecule has 0 saturated carbocycles. The molecule has 0 spiro atoms. The normalized spacial score (nSPS) is 9.87. The first kappa shape index (κ1) is 47.8. The standard InChI is InChI=1S/C15H11NO5.2C15H11NO4.Fe/c17-8-7-10-1-4-12(5-2-10)21-15(19)11-3-6-14(18)13(9-11)16-20;2*1-2-10-3-6-12(7-4-10)20-15(18)11-5-8-14(17)13(9-11)16-19;/h1-9,17-18H;2*2-9,17H,1H2;/q;;;+2. The van der Waals surface area contributed by atoms with Crippen LogP contribution in [0.15, 0.2) is 162 Å². The molecule has 0 aromatic heterocycles. The first-order valence-corrected chi connectivity index (χ1v) is 17.4. The average Bonchev–Trinajstić information content (AvgIpc) is 3.28. The van der Waals surface area contributed by atoms with Gasteiger partial charge in [0.2, 0.25) is 0 Å². The zero-order valence-corrected chi connectivity index (χ0v) is 33.1. The van der Waals surface area contributed by atoms with Crippen molar-refractivity contribution in [2.24, 2.45) is 15.5 Å². The zero-order chi connectivity index (χ0) is 44.3. The fourth-order valence-electron chi connectivity index (χ4n) is 4.75. The van der Waals surface area contributed by atoms with Gasteiger partial charge in [-0.25, -0.2) is 14.4 Å². The number of esters is 3. The Morgan fingerprint density at radius 3 is 0.968 bits per heavy atom. The summed E-state index contributed by atoms with van der Waals surface area (Å²) in [5.74, 6) is -1.78. The first-order valence-electron chi connectivity index (χ1n) is 17.4. The minimum absolute atomic E-state index is 0. The van der Waals surface area contributed by atoms with Gasteiger partial charge in [0.15, 0.2) is 0 Å². The summed E-state index contributed by atoms with van der Waals surface area (Å²) >= 11 is 0. The van der Waals surface area contributed by atoms with E-state index in [-0.39, 0.29) is 68.1 Å². The number of phenolic OH excluding ortho intramolecular Hbond substituents is 3. The summed E-state index contributed by atoms with van der Waals surface area (Å²) in [7, 11) is 0. The third kappa shape index (κ3) is 13.8. The number of hydrogen-bond donors (Lipinski definition) is 4. The molecule has 0 bridgehead atoms. The molecule has 17 heteroatoms. The van der Waals surface area contributed by atoms with E-state index in [0.717, 1.165) is 29.0 Å². The van der Waals surface area contributed by atoms with Crippen LogP contribution in [0.4, 0.5) is 17.1 Å². The van der Waals surface area contributed by atoms with Crippen LogP contribution in [0, 0.1) is 14.7 Å². The van der Waals surface area contributed by atoms with E-state index in [0.29, 0.717) is 17.2 Å². The molecule has 16 nitrogen and oxygen atoms in total. The van der Waals surface area contributed by atoms with Crippen LogP contribution < -0.4 is 14.2 Å². The van der Waals surface area contributed by atoms with Gasteiger partial charge in [-0.2, -0.15) is 0 Å². The number of aromatic hydroxyl groups is 3. The number of nitroso groups, excluding NO2 is 3. The van der Waals surface area contributed by atoms with Gasteiger partial charge < -0.3 is 34.6 Å². The van der Waals surface area contributed by atoms with Crippen molar-refractivity contribution in [1.82, 2.24) is 0 Å². The number of hydrogen-bond acceptors (Lipinski definition) is 16. The molecule has 6 rings (SSSR count). The van der Waals surface area contributed by atoms with E-state index < -0.39 is 17.9 Å². The minimum atomic E-state index is -0.676. The van der Waals surface area contributed by atoms with Gasteiger partial charge in [-0.1, -0.05) is 61.7 Å². The SMILES string of the molecule is C=Cc1ccc(OC(=O)c2ccc(O)c(N=O)c2)cc1.C=Cc1ccc(OC(=O)c2ccc(O)c(N=O)c2)cc1.O=Nc1cc(C(=O)Oc2ccc(C=CO)cc2)ccc1O.[Fe+2]. The first-order chi connectivity index (χ1) is 29.4. The van der Waals surface area contributed by atoms with Crippen LogP contribution in [0.3, 0.4) is 0 Å². The Morgan fingerprint density at radius 1 is 0.452 bits per heavy atom. The number of aliphatic hydroxyl groups excluding tert-OH is 1. The van der Waals surface area contributed by atoms with Crippen molar-refractivity contribution in [2.45, 2.75) is 0 Å². The summed E-state index contributed by atoms with van der Waals surface area (Å²) in [5.41, 5.74) is 2.27. The smallest absolute Gasteiger partial charge is 0.516 e. The summed E-state index contributed by atoms with van der Waals surface area (Å²) < 4.78 is 15.4. The monoisotopic (exact) mass is 879 g/mol. The molecule has 0 fully saturated rings. The summed E-state index contributed by atoms with van der Waals surface area (Å²) in [4.78, 5) is 67.1. The maximum absolute atomic E-state index is 11.9. The molecule has 6 aromatic rings. The number of carbonyl (C=O) groups is 3. The van der Waals surface area contributed by atoms with E-state index in [4.69, 9.17) is 19.3 Å². The molecule has 0 saturated heterocycles. The Labute approximate surface area is 363 Å². The van der Waals surface area contributed by atoms with E-state index in [1.54, 1.807) is 84.9 Å². The van der Waals surface area contributed by atoms with Crippen molar-refractivity contribution in [3.63, 3.8) is 0 Å². The quantitative estimate of drug-likeness (QED) is 0.0294. The molecule has 312 valence electrons. The number of benzene rings is 6. The van der Waals surface area contributed by atoms with Crippen LogP contribution in [-0.2, 0) is 17.1 Å². The number of carbonyl (C=O) groups excluding carboxylic acids is 3. The Morgan fingerprint density at radius 2 is 0.726 bits per heavy atom. The fourth-order valence-corrected chi connectivity index (χ4v) is 4.75. The number of nitrogens with zero attached hydrogens (tertiary/aromatic N) is 3. The number of phenols is 3. The number of ether oxygens (including phenoxy) is 3. The third-order valence-electron chi connectivity index (χ3n) is 7.94. The number of rotatable bonds is 12. The van der Waals surface area contributed by atoms with E-state index in [2.05, 4.69) is 28.7 Å². The Balaban J connectivity index is 0.000000246. The van der Waals surface area contributed by atoms with E-state index >= 15 is 0 Å². The van der Waals surface area contributed by atoms with Crippen LogP contribution in [0.1, 0.15) is 47.8 Å². The summed E-state index contributed by atoms with van der Waals surface area (Å²) in [6.07, 6.45) is 5.74. The maximum atomic E-state index is 11.9. The molecule has 62 heavy (non-hydrogen) atoms. The van der Waals surface area contributed by atoms with Crippen molar-refractivity contribution < 1.29 is 66.1 Å². The van der Waals surface area contributed by atoms with Crippen LogP contribution in [0.2, 0.25) is 0 Å². The molecule has 6 aromatic carbocycles. The van der Waals surface area contributed by atoms with Gasteiger partial charge in [0.25, 0.3) is 0 Å². The van der Waals surface area contributed by atoms with E-state index in [9.17, 15) is 44.4 Å². The number of aliphatic hydroxyl groups is 1. The largest absolute Gasteiger partial charge is 2.00 e. The van der Waals surface area contributed by atoms with Gasteiger partial charge in [0, 0.05) is 0 Å². The van der Waals surface area contributed by atoms with E-state index in [1.165, 1.54) is 54.6 Å². The van der Waals surface area contributed by atoms with Crippen LogP contribution >= 0.6 is 0 Å². The van der Waals surface area contributed by atoms with E-state index in [1.807, 2.05) is 0 Å². The predicted octanol–water partition coefficient (Wildman–Crippen LogP) is 10.8. The molecule has 0 unspecified atom stereocenters. The molecule has 0 radical (unpaired) electrons. The van der Waals surface area contributed by atoms with Crippen molar-refractivity contribution >= 4 is 53.2 Å². The molecular formula is C45H33FeN3O13+2. The van der Waals surface area contributed by atoms with Crippen molar-refractivity contribution in [1.29, 1.82) is 0 Å². The average molecular weight is 880 g/mol. The fraction of sp³-hybridized carbons (Fsp3) is 0. The Bertz CT molecular complexity index is 2480. The van der Waals surface area contributed by atoms with Gasteiger partial charge in [-0.15, -0.1) is 14.7 Å². The second-order valence-corrected chi connectivity index (χ2v) is 12.0. The second kappa shape index (κ2) is 23.8. The summed E-state index contributed by atoms with van der Waals surface area (Å²) in [6.45, 7) is 7.25. The molecule has 0 aliphatic carbocycles. The van der Waals surface area contributed by atoms with Crippen molar-refractivity contribution in [3.8, 4) is 34.5 Å². The molecule has 0 amide bonds. The molecule has 4 N–H and O–H groups in total. The second-order valence-electron chi connectivity index (χ2n) is 12.0. The summed E-state index contributed by atoms with van der Waals surface area (Å²) in [6, 6.07) is 31.1. The zero-order valence-electron chi connectivity index (χ0n) is 32.0. The van der Waals surface area contributed by atoms with Crippen molar-refractivity contribution in [2.75, 3.05) is 0 Å². The topological polar surface area (TPSA) is 248 Å². The maximum Gasteiger partial charge on any atom is 2.00 e. The van der Waals surface area contributed by atoms with Crippen LogP contribution in [0.5, 0.6) is 34.5 Å². The van der Waals surface area contributed by atoms with Crippen molar-refractivity contribution in [3.05, 3.63) is 195 Å². The van der Waals surface area contributed by atoms with Crippen LogP contribution in [0.25, 0.3) is 18.2 Å². The minimum Gasteiger partial charge on any atom is -0.516 e. The Kier molecular flexibility index (Phi) is 18.3. The molecule has 0 aliphatic rings. The van der Waals surface area contributed by atoms with Gasteiger partial charge >= 0.3 is 35.0 Å². The third-order valence-corrected chi connectivity index (χ3v) is 7.94. The van der Waals surface area contributed by atoms with Gasteiger partial charge in [-0.05, 0) is 129 Å². The molecule has 0 atom stereocenters. The van der Waals surface area contributed by atoms with Gasteiger partial charge in [-0.3, -0.25) is 0 Å². The molecule has 0 heterocycles. The van der Waals surface area contributed by atoms with Crippen LogP contribution in [-0.4, -0.2) is 38.3 Å². The van der Waals surface area contributed by atoms with Gasteiger partial charge in [0.05, 0.1) is 23.0 Å². The predicted molar refractivity (Wildman–Crippen MR) is 227 cm³/mol. The summed E-state index contributed by atoms with van der Waals surface area (Å²) in [5, 5.41) is 44.4. The molecule has 0 aliphatic heterocycles. The van der Waals surface area contributed by atoms with Gasteiger partial charge in [0.1, 0.15) is 51.6 Å². The Hall–Kier alpha value is -8.53.